The van der Waals surface area contributed by atoms with E-state index in [2.05, 4.69) is 15.3 Å². The summed E-state index contributed by atoms with van der Waals surface area (Å²) in [6.07, 6.45) is 0.990. The summed E-state index contributed by atoms with van der Waals surface area (Å²) in [5.74, 6) is 1.04. The lowest BCUT2D eigenvalue weighted by molar-refractivity contribution is -0.120. The lowest BCUT2D eigenvalue weighted by atomic mass is 10.1. The van der Waals surface area contributed by atoms with Crippen LogP contribution in [0.1, 0.15) is 33.0 Å². The SMILES string of the molecule is CC(C)OCCCNC(=O)C(C)SCc1nc2scc(-c3ccccc3)c2c(=O)[nH]1. The molecular formula is C22H27N3O3S2. The number of ether oxygens (including phenoxy) is 1. The number of thiophene rings is 1. The summed E-state index contributed by atoms with van der Waals surface area (Å²) >= 11 is 2.92. The third kappa shape index (κ3) is 5.93. The molecule has 30 heavy (non-hydrogen) atoms. The first-order chi connectivity index (χ1) is 14.5. The van der Waals surface area contributed by atoms with E-state index in [1.165, 1.54) is 23.1 Å². The van der Waals surface area contributed by atoms with E-state index in [1.54, 1.807) is 0 Å². The Hall–Kier alpha value is -2.16. The summed E-state index contributed by atoms with van der Waals surface area (Å²) in [5, 5.41) is 5.28. The largest absolute Gasteiger partial charge is 0.379 e. The van der Waals surface area contributed by atoms with Crippen molar-refractivity contribution < 1.29 is 9.53 Å². The molecule has 0 fully saturated rings. The molecule has 0 radical (unpaired) electrons. The van der Waals surface area contributed by atoms with Gasteiger partial charge in [0.25, 0.3) is 5.56 Å². The van der Waals surface area contributed by atoms with E-state index in [0.29, 0.717) is 30.1 Å². The molecule has 0 spiro atoms. The van der Waals surface area contributed by atoms with E-state index in [4.69, 9.17) is 4.74 Å². The lowest BCUT2D eigenvalue weighted by Gasteiger charge is -2.12. The average Bonchev–Trinajstić information content (AvgIpc) is 3.16. The van der Waals surface area contributed by atoms with Gasteiger partial charge in [0.05, 0.1) is 22.5 Å². The molecule has 2 N–H and O–H groups in total. The topological polar surface area (TPSA) is 84.1 Å². The van der Waals surface area contributed by atoms with Crippen molar-refractivity contribution in [3.8, 4) is 11.1 Å². The van der Waals surface area contributed by atoms with E-state index in [-0.39, 0.29) is 22.8 Å². The third-order valence-electron chi connectivity index (χ3n) is 4.49. The van der Waals surface area contributed by atoms with E-state index in [0.717, 1.165) is 22.4 Å². The number of carbonyl (C=O) groups is 1. The minimum atomic E-state index is -0.236. The van der Waals surface area contributed by atoms with E-state index >= 15 is 0 Å². The summed E-state index contributed by atoms with van der Waals surface area (Å²) < 4.78 is 5.47. The summed E-state index contributed by atoms with van der Waals surface area (Å²) in [4.78, 5) is 33.1. The van der Waals surface area contributed by atoms with Crippen molar-refractivity contribution in [3.63, 3.8) is 0 Å². The van der Waals surface area contributed by atoms with Gasteiger partial charge in [0.15, 0.2) is 0 Å². The Morgan fingerprint density at radius 2 is 2.03 bits per heavy atom. The number of carbonyl (C=O) groups excluding carboxylic acids is 1. The zero-order valence-electron chi connectivity index (χ0n) is 17.4. The highest BCUT2D eigenvalue weighted by Crippen LogP contribution is 2.30. The van der Waals surface area contributed by atoms with Crippen LogP contribution in [0.4, 0.5) is 0 Å². The standard InChI is InChI=1S/C22H27N3O3S2/c1-14(2)28-11-7-10-23-20(26)15(3)29-13-18-24-21(27)19-17(12-30-22(19)25-18)16-8-5-4-6-9-16/h4-6,8-9,12,14-15H,7,10-11,13H2,1-3H3,(H,23,26)(H,24,25,27). The Bertz CT molecular complexity index is 1030. The first kappa shape index (κ1) is 22.5. The van der Waals surface area contributed by atoms with Gasteiger partial charge in [-0.2, -0.15) is 0 Å². The van der Waals surface area contributed by atoms with Crippen LogP contribution in [0, 0.1) is 0 Å². The van der Waals surface area contributed by atoms with Crippen LogP contribution in [0.5, 0.6) is 0 Å². The highest BCUT2D eigenvalue weighted by molar-refractivity contribution is 7.99. The zero-order chi connectivity index (χ0) is 21.5. The maximum Gasteiger partial charge on any atom is 0.260 e. The molecule has 0 aliphatic heterocycles. The zero-order valence-corrected chi connectivity index (χ0v) is 19.1. The lowest BCUT2D eigenvalue weighted by Crippen LogP contribution is -2.32. The highest BCUT2D eigenvalue weighted by Gasteiger charge is 2.16. The van der Waals surface area contributed by atoms with Crippen LogP contribution in [-0.4, -0.2) is 40.4 Å². The predicted molar refractivity (Wildman–Crippen MR) is 125 cm³/mol. The summed E-state index contributed by atoms with van der Waals surface area (Å²) in [7, 11) is 0. The van der Waals surface area contributed by atoms with Gasteiger partial charge < -0.3 is 15.0 Å². The number of amides is 1. The first-order valence-electron chi connectivity index (χ1n) is 10.0. The fourth-order valence-electron chi connectivity index (χ4n) is 2.92. The molecule has 1 atom stereocenters. The number of benzene rings is 1. The molecule has 0 aliphatic carbocycles. The molecule has 1 amide bonds. The Kier molecular flexibility index (Phi) is 8.07. The van der Waals surface area contributed by atoms with Crippen LogP contribution in [0.15, 0.2) is 40.5 Å². The van der Waals surface area contributed by atoms with Gasteiger partial charge >= 0.3 is 0 Å². The molecule has 0 saturated heterocycles. The Morgan fingerprint density at radius 1 is 1.27 bits per heavy atom. The molecule has 0 saturated carbocycles. The minimum absolute atomic E-state index is 0.0181. The van der Waals surface area contributed by atoms with Crippen molar-refractivity contribution in [1.29, 1.82) is 0 Å². The molecule has 3 aromatic rings. The molecule has 6 nitrogen and oxygen atoms in total. The van der Waals surface area contributed by atoms with Crippen molar-refractivity contribution in [2.24, 2.45) is 0 Å². The van der Waals surface area contributed by atoms with Crippen LogP contribution in [0.25, 0.3) is 21.3 Å². The number of aromatic amines is 1. The van der Waals surface area contributed by atoms with Gasteiger partial charge in [-0.1, -0.05) is 30.3 Å². The number of hydrogen-bond donors (Lipinski definition) is 2. The van der Waals surface area contributed by atoms with Gasteiger partial charge in [0.2, 0.25) is 5.91 Å². The summed E-state index contributed by atoms with van der Waals surface area (Å²) in [6.45, 7) is 7.07. The number of fused-ring (bicyclic) bond motifs is 1. The summed E-state index contributed by atoms with van der Waals surface area (Å²) in [6, 6.07) is 9.83. The quantitative estimate of drug-likeness (QED) is 0.457. The summed E-state index contributed by atoms with van der Waals surface area (Å²) in [5.41, 5.74) is 1.76. The Morgan fingerprint density at radius 3 is 2.77 bits per heavy atom. The molecule has 0 aliphatic rings. The molecule has 0 bridgehead atoms. The molecule has 2 aromatic heterocycles. The second kappa shape index (κ2) is 10.7. The van der Waals surface area contributed by atoms with Crippen LogP contribution in [0.3, 0.4) is 0 Å². The van der Waals surface area contributed by atoms with Crippen molar-refractivity contribution in [3.05, 3.63) is 51.9 Å². The van der Waals surface area contributed by atoms with Crippen LogP contribution >= 0.6 is 23.1 Å². The van der Waals surface area contributed by atoms with E-state index in [1.807, 2.05) is 56.5 Å². The van der Waals surface area contributed by atoms with E-state index in [9.17, 15) is 9.59 Å². The van der Waals surface area contributed by atoms with Gasteiger partial charge in [-0.05, 0) is 32.8 Å². The number of nitrogens with zero attached hydrogens (tertiary/aromatic N) is 1. The van der Waals surface area contributed by atoms with Gasteiger partial charge in [-0.25, -0.2) is 4.98 Å². The average molecular weight is 446 g/mol. The molecule has 1 aromatic carbocycles. The third-order valence-corrected chi connectivity index (χ3v) is 6.52. The van der Waals surface area contributed by atoms with Crippen LogP contribution < -0.4 is 10.9 Å². The maximum absolute atomic E-state index is 12.7. The van der Waals surface area contributed by atoms with Gasteiger partial charge in [0, 0.05) is 24.1 Å². The first-order valence-corrected chi connectivity index (χ1v) is 11.9. The highest BCUT2D eigenvalue weighted by atomic mass is 32.2. The van der Waals surface area contributed by atoms with Crippen molar-refractivity contribution in [2.45, 2.75) is 44.3 Å². The fraction of sp³-hybridized carbons (Fsp3) is 0.409. The van der Waals surface area contributed by atoms with Crippen LogP contribution in [0.2, 0.25) is 0 Å². The number of H-pyrrole nitrogens is 1. The van der Waals surface area contributed by atoms with Crippen LogP contribution in [-0.2, 0) is 15.3 Å². The molecule has 8 heteroatoms. The number of thioether (sulfide) groups is 1. The Balaban J connectivity index is 1.57. The molecule has 2 heterocycles. The second-order valence-electron chi connectivity index (χ2n) is 7.23. The maximum atomic E-state index is 12.7. The van der Waals surface area contributed by atoms with Gasteiger partial charge in [0.1, 0.15) is 10.7 Å². The Labute approximate surface area is 184 Å². The minimum Gasteiger partial charge on any atom is -0.379 e. The molecule has 3 rings (SSSR count). The predicted octanol–water partition coefficient (Wildman–Crippen LogP) is 4.20. The number of rotatable bonds is 10. The number of nitrogens with one attached hydrogen (secondary N) is 2. The molecular weight excluding hydrogens is 418 g/mol. The normalized spacial score (nSPS) is 12.4. The fourth-order valence-corrected chi connectivity index (χ4v) is 4.66. The van der Waals surface area contributed by atoms with Crippen molar-refractivity contribution in [1.82, 2.24) is 15.3 Å². The molecule has 160 valence electrons. The number of aromatic nitrogens is 2. The monoisotopic (exact) mass is 445 g/mol. The van der Waals surface area contributed by atoms with Crippen molar-refractivity contribution >= 4 is 39.2 Å². The van der Waals surface area contributed by atoms with Crippen molar-refractivity contribution in [2.75, 3.05) is 13.2 Å². The second-order valence-corrected chi connectivity index (χ2v) is 9.41. The number of hydrogen-bond acceptors (Lipinski definition) is 6. The molecule has 1 unspecified atom stereocenters. The smallest absolute Gasteiger partial charge is 0.260 e. The van der Waals surface area contributed by atoms with Gasteiger partial charge in [-0.15, -0.1) is 23.1 Å². The van der Waals surface area contributed by atoms with E-state index < -0.39 is 0 Å². The van der Waals surface area contributed by atoms with Gasteiger partial charge in [-0.3, -0.25) is 9.59 Å².